The fourth-order valence-corrected chi connectivity index (χ4v) is 2.04. The van der Waals surface area contributed by atoms with Gasteiger partial charge in [-0.05, 0) is 53.7 Å². The van der Waals surface area contributed by atoms with Gasteiger partial charge in [0.25, 0.3) is 5.91 Å². The highest BCUT2D eigenvalue weighted by Gasteiger charge is 2.48. The molecule has 1 amide bonds. The number of carbonyl (C=O) groups is 2. The first kappa shape index (κ1) is 13.0. The van der Waals surface area contributed by atoms with Gasteiger partial charge < -0.3 is 10.4 Å². The fraction of sp³-hybridized carbons (Fsp3) is 0.417. The highest BCUT2D eigenvalue weighted by atomic mass is 79.9. The third-order valence-corrected chi connectivity index (χ3v) is 3.64. The van der Waals surface area contributed by atoms with E-state index in [9.17, 15) is 14.7 Å². The molecule has 1 aromatic rings. The van der Waals surface area contributed by atoms with Crippen LogP contribution in [-0.2, 0) is 4.79 Å². The number of carbonyl (C=O) groups excluding carboxylic acids is 1. The lowest BCUT2D eigenvalue weighted by atomic mass is 9.96. The maximum atomic E-state index is 12.0. The Kier molecular flexibility index (Phi) is 3.38. The van der Waals surface area contributed by atoms with Crippen molar-refractivity contribution < 1.29 is 14.7 Å². The van der Waals surface area contributed by atoms with Gasteiger partial charge in [-0.15, -0.1) is 0 Å². The van der Waals surface area contributed by atoms with Crippen LogP contribution in [-0.4, -0.2) is 27.5 Å². The van der Waals surface area contributed by atoms with E-state index < -0.39 is 17.4 Å². The van der Waals surface area contributed by atoms with Crippen LogP contribution in [0.3, 0.4) is 0 Å². The van der Waals surface area contributed by atoms with Crippen LogP contribution < -0.4 is 5.32 Å². The third-order valence-electron chi connectivity index (χ3n) is 3.17. The van der Waals surface area contributed by atoms with Crippen molar-refractivity contribution in [2.75, 3.05) is 0 Å². The first-order valence-electron chi connectivity index (χ1n) is 5.61. The topological polar surface area (TPSA) is 79.3 Å². The third kappa shape index (κ3) is 2.53. The Hall–Kier alpha value is -1.43. The van der Waals surface area contributed by atoms with Gasteiger partial charge in [-0.2, -0.15) is 0 Å². The molecule has 1 fully saturated rings. The number of hydrogen-bond donors (Lipinski definition) is 2. The zero-order chi connectivity index (χ0) is 13.3. The number of pyridine rings is 1. The average molecular weight is 313 g/mol. The smallest absolute Gasteiger partial charge is 0.329 e. The van der Waals surface area contributed by atoms with Crippen molar-refractivity contribution in [2.45, 2.75) is 25.3 Å². The Bertz CT molecular complexity index is 485. The molecule has 0 aliphatic heterocycles. The van der Waals surface area contributed by atoms with Crippen LogP contribution in [0, 0.1) is 5.92 Å². The molecule has 1 aliphatic rings. The van der Waals surface area contributed by atoms with E-state index in [1.54, 1.807) is 19.1 Å². The van der Waals surface area contributed by atoms with Crippen molar-refractivity contribution in [1.82, 2.24) is 10.3 Å². The van der Waals surface area contributed by atoms with Gasteiger partial charge in [0.1, 0.15) is 11.2 Å². The highest BCUT2D eigenvalue weighted by Crippen LogP contribution is 2.39. The van der Waals surface area contributed by atoms with Gasteiger partial charge in [-0.25, -0.2) is 9.78 Å². The molecule has 0 bridgehead atoms. The van der Waals surface area contributed by atoms with Gasteiger partial charge in [0.05, 0.1) is 0 Å². The summed E-state index contributed by atoms with van der Waals surface area (Å²) in [4.78, 5) is 27.2. The van der Waals surface area contributed by atoms with Crippen LogP contribution in [0.2, 0.25) is 0 Å². The Labute approximate surface area is 113 Å². The number of aliphatic carboxylic acids is 1. The molecule has 1 unspecified atom stereocenters. The standard InChI is InChI=1S/C12H13BrN2O3/c1-12(11(17)18,7-2-3-7)15-10(16)9-5-4-8(13)6-14-9/h4-7H,2-3H2,1H3,(H,15,16)(H,17,18). The van der Waals surface area contributed by atoms with E-state index in [2.05, 4.69) is 26.2 Å². The summed E-state index contributed by atoms with van der Waals surface area (Å²) < 4.78 is 0.766. The number of nitrogens with one attached hydrogen (secondary N) is 1. The molecule has 0 saturated heterocycles. The number of hydrogen-bond acceptors (Lipinski definition) is 3. The first-order chi connectivity index (χ1) is 8.43. The molecule has 2 rings (SSSR count). The minimum absolute atomic E-state index is 0.00870. The van der Waals surface area contributed by atoms with Gasteiger partial charge in [-0.3, -0.25) is 4.79 Å². The van der Waals surface area contributed by atoms with Crippen LogP contribution in [0.25, 0.3) is 0 Å². The molecule has 1 aliphatic carbocycles. The molecule has 0 radical (unpaired) electrons. The molecule has 18 heavy (non-hydrogen) atoms. The molecule has 1 saturated carbocycles. The quantitative estimate of drug-likeness (QED) is 0.889. The van der Waals surface area contributed by atoms with Crippen molar-refractivity contribution in [3.63, 3.8) is 0 Å². The largest absolute Gasteiger partial charge is 0.480 e. The molecular weight excluding hydrogens is 300 g/mol. The van der Waals surface area contributed by atoms with E-state index >= 15 is 0 Å². The molecule has 96 valence electrons. The second kappa shape index (κ2) is 4.68. The number of carboxylic acids is 1. The van der Waals surface area contributed by atoms with Crippen molar-refractivity contribution in [3.8, 4) is 0 Å². The van der Waals surface area contributed by atoms with E-state index in [-0.39, 0.29) is 11.6 Å². The Morgan fingerprint density at radius 1 is 1.50 bits per heavy atom. The van der Waals surface area contributed by atoms with Crippen LogP contribution >= 0.6 is 15.9 Å². The van der Waals surface area contributed by atoms with E-state index in [1.807, 2.05) is 0 Å². The SMILES string of the molecule is CC(NC(=O)c1ccc(Br)cn1)(C(=O)O)C1CC1. The van der Waals surface area contributed by atoms with Crippen LogP contribution in [0.4, 0.5) is 0 Å². The van der Waals surface area contributed by atoms with Gasteiger partial charge in [0, 0.05) is 10.7 Å². The van der Waals surface area contributed by atoms with E-state index in [4.69, 9.17) is 0 Å². The fourth-order valence-electron chi connectivity index (χ4n) is 1.80. The predicted octanol–water partition coefficient (Wildman–Crippen LogP) is 1.83. The first-order valence-corrected chi connectivity index (χ1v) is 6.40. The minimum Gasteiger partial charge on any atom is -0.480 e. The number of halogens is 1. The zero-order valence-electron chi connectivity index (χ0n) is 9.81. The summed E-state index contributed by atoms with van der Waals surface area (Å²) in [5.74, 6) is -1.45. The zero-order valence-corrected chi connectivity index (χ0v) is 11.4. The summed E-state index contributed by atoms with van der Waals surface area (Å²) in [6, 6.07) is 3.24. The van der Waals surface area contributed by atoms with E-state index in [1.165, 1.54) is 6.20 Å². The maximum absolute atomic E-state index is 12.0. The summed E-state index contributed by atoms with van der Waals surface area (Å²) in [5.41, 5.74) is -0.988. The molecule has 1 atom stereocenters. The molecule has 1 heterocycles. The number of carboxylic acid groups (broad SMARTS) is 1. The predicted molar refractivity (Wildman–Crippen MR) is 68.2 cm³/mol. The lowest BCUT2D eigenvalue weighted by molar-refractivity contribution is -0.144. The average Bonchev–Trinajstić information content (AvgIpc) is 3.13. The van der Waals surface area contributed by atoms with Gasteiger partial charge >= 0.3 is 5.97 Å². The number of amides is 1. The van der Waals surface area contributed by atoms with Crippen molar-refractivity contribution in [3.05, 3.63) is 28.5 Å². The van der Waals surface area contributed by atoms with Gasteiger partial charge in [0.2, 0.25) is 0 Å². The minimum atomic E-state index is -1.20. The lowest BCUT2D eigenvalue weighted by Gasteiger charge is -2.25. The number of rotatable bonds is 4. The van der Waals surface area contributed by atoms with Gasteiger partial charge in [-0.1, -0.05) is 0 Å². The molecule has 0 aromatic carbocycles. The van der Waals surface area contributed by atoms with Gasteiger partial charge in [0.15, 0.2) is 0 Å². The second-order valence-electron chi connectivity index (χ2n) is 4.60. The lowest BCUT2D eigenvalue weighted by Crippen LogP contribution is -2.54. The normalized spacial score (nSPS) is 17.9. The number of nitrogens with zero attached hydrogens (tertiary/aromatic N) is 1. The summed E-state index contributed by atoms with van der Waals surface area (Å²) in [5, 5.41) is 11.8. The summed E-state index contributed by atoms with van der Waals surface area (Å²) in [6.07, 6.45) is 3.16. The van der Waals surface area contributed by atoms with Crippen LogP contribution in [0.5, 0.6) is 0 Å². The molecule has 2 N–H and O–H groups in total. The highest BCUT2D eigenvalue weighted by molar-refractivity contribution is 9.10. The maximum Gasteiger partial charge on any atom is 0.329 e. The second-order valence-corrected chi connectivity index (χ2v) is 5.51. The Morgan fingerprint density at radius 3 is 2.61 bits per heavy atom. The molecular formula is C12H13BrN2O3. The molecule has 0 spiro atoms. The Morgan fingerprint density at radius 2 is 2.17 bits per heavy atom. The summed E-state index contributed by atoms with van der Waals surface area (Å²) >= 11 is 3.22. The molecule has 5 nitrogen and oxygen atoms in total. The van der Waals surface area contributed by atoms with Crippen LogP contribution in [0.15, 0.2) is 22.8 Å². The van der Waals surface area contributed by atoms with E-state index in [0.29, 0.717) is 0 Å². The summed E-state index contributed by atoms with van der Waals surface area (Å²) in [7, 11) is 0. The molecule has 1 aromatic heterocycles. The van der Waals surface area contributed by atoms with Crippen LogP contribution in [0.1, 0.15) is 30.3 Å². The number of aromatic nitrogens is 1. The van der Waals surface area contributed by atoms with E-state index in [0.717, 1.165) is 17.3 Å². The van der Waals surface area contributed by atoms with Crippen molar-refractivity contribution in [1.29, 1.82) is 0 Å². The Balaban J connectivity index is 2.15. The summed E-state index contributed by atoms with van der Waals surface area (Å²) in [6.45, 7) is 1.55. The van der Waals surface area contributed by atoms with Crippen molar-refractivity contribution >= 4 is 27.8 Å². The molecule has 6 heteroatoms. The van der Waals surface area contributed by atoms with Crippen molar-refractivity contribution in [2.24, 2.45) is 5.92 Å². The monoisotopic (exact) mass is 312 g/mol.